The van der Waals surface area contributed by atoms with Crippen molar-refractivity contribution in [1.82, 2.24) is 4.98 Å². The molecule has 0 aromatic carbocycles. The zero-order valence-electron chi connectivity index (χ0n) is 7.43. The van der Waals surface area contributed by atoms with Crippen LogP contribution in [0.15, 0.2) is 10.7 Å². The quantitative estimate of drug-likeness (QED) is 0.787. The maximum Gasteiger partial charge on any atom is 0.341 e. The smallest absolute Gasteiger partial charge is 0.341 e. The Balaban J connectivity index is 3.41. The molecule has 0 amide bonds. The number of hydrogen-bond donors (Lipinski definition) is 0. The molecule has 0 N–H and O–H groups in total. The summed E-state index contributed by atoms with van der Waals surface area (Å²) in [7, 11) is 1.09. The van der Waals surface area contributed by atoms with E-state index in [4.69, 9.17) is 11.6 Å². The molecule has 1 aromatic rings. The molecule has 0 aliphatic rings. The summed E-state index contributed by atoms with van der Waals surface area (Å²) in [5.74, 6) is -0.910. The van der Waals surface area contributed by atoms with E-state index >= 15 is 0 Å². The van der Waals surface area contributed by atoms with Crippen LogP contribution < -0.4 is 0 Å². The molecule has 82 valence electrons. The largest absolute Gasteiger partial charge is 0.465 e. The van der Waals surface area contributed by atoms with Crippen molar-refractivity contribution in [2.75, 3.05) is 7.11 Å². The number of carbonyl (C=O) groups is 1. The fourth-order valence-electron chi connectivity index (χ4n) is 0.941. The molecular weight excluding hydrogens is 295 g/mol. The van der Waals surface area contributed by atoms with E-state index in [0.717, 1.165) is 13.3 Å². The molecule has 0 atom stereocenters. The van der Waals surface area contributed by atoms with Crippen molar-refractivity contribution in [3.05, 3.63) is 26.9 Å². The lowest BCUT2D eigenvalue weighted by Crippen LogP contribution is -2.09. The van der Waals surface area contributed by atoms with Gasteiger partial charge in [-0.25, -0.2) is 13.6 Å². The summed E-state index contributed by atoms with van der Waals surface area (Å²) in [4.78, 5) is 14.6. The van der Waals surface area contributed by atoms with Gasteiger partial charge in [0.2, 0.25) is 0 Å². The number of esters is 1. The second-order valence-corrected chi connectivity index (χ2v) is 3.67. The van der Waals surface area contributed by atoms with E-state index in [2.05, 4.69) is 25.7 Å². The van der Waals surface area contributed by atoms with Gasteiger partial charge < -0.3 is 4.74 Å². The maximum atomic E-state index is 12.5. The van der Waals surface area contributed by atoms with Crippen molar-refractivity contribution in [3.63, 3.8) is 0 Å². The predicted molar refractivity (Wildman–Crippen MR) is 53.2 cm³/mol. The van der Waals surface area contributed by atoms with E-state index in [1.807, 2.05) is 0 Å². The fourth-order valence-corrected chi connectivity index (χ4v) is 1.55. The molecule has 0 saturated heterocycles. The minimum absolute atomic E-state index is 0.0568. The molecule has 1 heterocycles. The van der Waals surface area contributed by atoms with Crippen molar-refractivity contribution < 1.29 is 18.3 Å². The molecule has 1 rings (SSSR count). The minimum atomic E-state index is -2.87. The number of nitrogens with zero attached hydrogens (tertiary/aromatic N) is 1. The van der Waals surface area contributed by atoms with Crippen LogP contribution in [0.4, 0.5) is 8.78 Å². The van der Waals surface area contributed by atoms with E-state index in [-0.39, 0.29) is 15.1 Å². The van der Waals surface area contributed by atoms with Crippen LogP contribution in [0, 0.1) is 0 Å². The lowest BCUT2D eigenvalue weighted by molar-refractivity contribution is 0.0586. The first-order valence-electron chi connectivity index (χ1n) is 3.69. The summed E-state index contributed by atoms with van der Waals surface area (Å²) in [6.07, 6.45) is -1.83. The molecule has 0 radical (unpaired) electrons. The Morgan fingerprint density at radius 2 is 2.27 bits per heavy atom. The number of alkyl halides is 2. The van der Waals surface area contributed by atoms with Crippen molar-refractivity contribution in [2.45, 2.75) is 6.43 Å². The normalized spacial score (nSPS) is 10.5. The van der Waals surface area contributed by atoms with Gasteiger partial charge in [-0.05, 0) is 15.9 Å². The Morgan fingerprint density at radius 3 is 2.73 bits per heavy atom. The van der Waals surface area contributed by atoms with Gasteiger partial charge in [0.25, 0.3) is 6.43 Å². The molecule has 0 bridgehead atoms. The first-order chi connectivity index (χ1) is 6.99. The lowest BCUT2D eigenvalue weighted by Gasteiger charge is -2.08. The molecule has 0 fully saturated rings. The van der Waals surface area contributed by atoms with Gasteiger partial charge in [-0.15, -0.1) is 0 Å². The zero-order chi connectivity index (χ0) is 11.6. The highest BCUT2D eigenvalue weighted by Crippen LogP contribution is 2.32. The Labute approximate surface area is 97.5 Å². The van der Waals surface area contributed by atoms with Gasteiger partial charge in [0.15, 0.2) is 0 Å². The highest BCUT2D eigenvalue weighted by atomic mass is 79.9. The van der Waals surface area contributed by atoms with Crippen molar-refractivity contribution in [2.24, 2.45) is 0 Å². The van der Waals surface area contributed by atoms with Crippen LogP contribution in [0.3, 0.4) is 0 Å². The van der Waals surface area contributed by atoms with Gasteiger partial charge in [0, 0.05) is 6.20 Å². The summed E-state index contributed by atoms with van der Waals surface area (Å²) in [6, 6.07) is 0. The van der Waals surface area contributed by atoms with Crippen LogP contribution in [0.25, 0.3) is 0 Å². The molecule has 0 aliphatic carbocycles. The SMILES string of the molecule is COC(=O)c1c(C(F)F)ncc(Cl)c1Br. The number of carbonyl (C=O) groups excluding carboxylic acids is 1. The van der Waals surface area contributed by atoms with Gasteiger partial charge in [-0.1, -0.05) is 11.6 Å². The molecule has 3 nitrogen and oxygen atoms in total. The van der Waals surface area contributed by atoms with Gasteiger partial charge in [-0.2, -0.15) is 0 Å². The second-order valence-electron chi connectivity index (χ2n) is 2.47. The fraction of sp³-hybridized carbons (Fsp3) is 0.250. The Hall–Kier alpha value is -0.750. The minimum Gasteiger partial charge on any atom is -0.465 e. The summed E-state index contributed by atoms with van der Waals surface area (Å²) in [5, 5.41) is 0.0693. The van der Waals surface area contributed by atoms with Crippen LogP contribution in [0.5, 0.6) is 0 Å². The zero-order valence-corrected chi connectivity index (χ0v) is 9.77. The highest BCUT2D eigenvalue weighted by Gasteiger charge is 2.25. The number of ether oxygens (including phenoxy) is 1. The molecule has 7 heteroatoms. The number of aromatic nitrogens is 1. The van der Waals surface area contributed by atoms with Crippen LogP contribution in [-0.2, 0) is 4.74 Å². The van der Waals surface area contributed by atoms with Crippen LogP contribution in [0.2, 0.25) is 5.02 Å². The Bertz CT molecular complexity index is 400. The van der Waals surface area contributed by atoms with Gasteiger partial charge in [0.05, 0.1) is 16.6 Å². The van der Waals surface area contributed by atoms with Crippen LogP contribution in [-0.4, -0.2) is 18.1 Å². The van der Waals surface area contributed by atoms with E-state index in [1.165, 1.54) is 0 Å². The molecule has 0 saturated carbocycles. The third kappa shape index (κ3) is 2.43. The predicted octanol–water partition coefficient (Wildman–Crippen LogP) is 3.22. The van der Waals surface area contributed by atoms with Gasteiger partial charge in [-0.3, -0.25) is 4.98 Å². The Morgan fingerprint density at radius 1 is 1.67 bits per heavy atom. The van der Waals surface area contributed by atoms with E-state index in [1.54, 1.807) is 0 Å². The van der Waals surface area contributed by atoms with Crippen molar-refractivity contribution in [1.29, 1.82) is 0 Å². The van der Waals surface area contributed by atoms with E-state index in [9.17, 15) is 13.6 Å². The van der Waals surface area contributed by atoms with E-state index in [0.29, 0.717) is 0 Å². The molecule has 1 aromatic heterocycles. The molecule has 0 aliphatic heterocycles. The molecular formula is C8H5BrClF2NO2. The third-order valence-electron chi connectivity index (χ3n) is 1.60. The number of methoxy groups -OCH3 is 1. The summed E-state index contributed by atoms with van der Waals surface area (Å²) < 4.78 is 29.4. The number of rotatable bonds is 2. The van der Waals surface area contributed by atoms with Crippen molar-refractivity contribution in [3.8, 4) is 0 Å². The summed E-state index contributed by atoms with van der Waals surface area (Å²) in [5.41, 5.74) is -1.00. The van der Waals surface area contributed by atoms with Crippen molar-refractivity contribution >= 4 is 33.5 Å². The maximum absolute atomic E-state index is 12.5. The number of halogens is 4. The topological polar surface area (TPSA) is 39.2 Å². The van der Waals surface area contributed by atoms with Crippen LogP contribution >= 0.6 is 27.5 Å². The van der Waals surface area contributed by atoms with Gasteiger partial charge in [0.1, 0.15) is 11.3 Å². The van der Waals surface area contributed by atoms with E-state index < -0.39 is 18.1 Å². The molecule has 0 unspecified atom stereocenters. The number of pyridine rings is 1. The molecule has 15 heavy (non-hydrogen) atoms. The standard InChI is InChI=1S/C8H5BrClF2NO2/c1-15-8(14)4-5(9)3(10)2-13-6(4)7(11)12/h2,7H,1H3. The molecule has 0 spiro atoms. The first-order valence-corrected chi connectivity index (χ1v) is 4.86. The monoisotopic (exact) mass is 299 g/mol. The van der Waals surface area contributed by atoms with Crippen LogP contribution in [0.1, 0.15) is 22.5 Å². The number of hydrogen-bond acceptors (Lipinski definition) is 3. The first kappa shape index (κ1) is 12.3. The third-order valence-corrected chi connectivity index (χ3v) is 2.94. The highest BCUT2D eigenvalue weighted by molar-refractivity contribution is 9.10. The lowest BCUT2D eigenvalue weighted by atomic mass is 10.2. The Kier molecular flexibility index (Phi) is 3.98. The summed E-state index contributed by atoms with van der Waals surface area (Å²) in [6.45, 7) is 0. The van der Waals surface area contributed by atoms with Gasteiger partial charge >= 0.3 is 5.97 Å². The average Bonchev–Trinajstić information content (AvgIpc) is 2.20. The second kappa shape index (κ2) is 4.85. The summed E-state index contributed by atoms with van der Waals surface area (Å²) >= 11 is 8.56. The average molecular weight is 300 g/mol.